The van der Waals surface area contributed by atoms with E-state index in [0.29, 0.717) is 33.2 Å². The van der Waals surface area contributed by atoms with E-state index in [1.54, 1.807) is 18.3 Å². The molecule has 2 heterocycles. The summed E-state index contributed by atoms with van der Waals surface area (Å²) in [5, 5.41) is 4.28. The molecule has 0 unspecified atom stereocenters. The summed E-state index contributed by atoms with van der Waals surface area (Å²) in [5.41, 5.74) is 2.66. The van der Waals surface area contributed by atoms with Gasteiger partial charge in [0.2, 0.25) is 5.88 Å². The highest BCUT2D eigenvalue weighted by atomic mass is 16.5. The number of rotatable bonds is 6. The zero-order valence-corrected chi connectivity index (χ0v) is 17.2. The van der Waals surface area contributed by atoms with Crippen molar-refractivity contribution in [3.63, 3.8) is 0 Å². The number of hydrogen-bond donors (Lipinski definition) is 1. The first-order chi connectivity index (χ1) is 15.1. The lowest BCUT2D eigenvalue weighted by atomic mass is 10.0. The van der Waals surface area contributed by atoms with Gasteiger partial charge in [-0.25, -0.2) is 14.8 Å². The number of hydrogen-bond acceptors (Lipinski definition) is 6. The number of fused-ring (bicyclic) bond motifs is 2. The quantitative estimate of drug-likeness (QED) is 0.384. The lowest BCUT2D eigenvalue weighted by Gasteiger charge is -2.18. The minimum atomic E-state index is -0.876. The number of amides is 1. The van der Waals surface area contributed by atoms with Crippen LogP contribution in [-0.4, -0.2) is 42.1 Å². The Morgan fingerprint density at radius 1 is 0.935 bits per heavy atom. The summed E-state index contributed by atoms with van der Waals surface area (Å²) in [7, 11) is 2.83. The van der Waals surface area contributed by atoms with E-state index in [0.717, 1.165) is 5.56 Å². The largest absolute Gasteiger partial charge is 0.481 e. The van der Waals surface area contributed by atoms with E-state index >= 15 is 0 Å². The van der Waals surface area contributed by atoms with Gasteiger partial charge in [0.1, 0.15) is 6.04 Å². The number of methoxy groups -OCH3 is 2. The van der Waals surface area contributed by atoms with Crippen molar-refractivity contribution < 1.29 is 19.1 Å². The van der Waals surface area contributed by atoms with Crippen LogP contribution in [0.25, 0.3) is 21.8 Å². The Morgan fingerprint density at radius 3 is 2.13 bits per heavy atom. The van der Waals surface area contributed by atoms with Gasteiger partial charge in [-0.2, -0.15) is 0 Å². The molecule has 0 aliphatic rings. The molecule has 4 aromatic rings. The van der Waals surface area contributed by atoms with E-state index in [1.807, 2.05) is 48.5 Å². The number of nitrogens with zero attached hydrogens (tertiary/aromatic N) is 2. The van der Waals surface area contributed by atoms with Crippen molar-refractivity contribution in [2.75, 3.05) is 14.2 Å². The fourth-order valence-corrected chi connectivity index (χ4v) is 3.54. The Labute approximate surface area is 179 Å². The summed E-state index contributed by atoms with van der Waals surface area (Å²) >= 11 is 0. The molecule has 156 valence electrons. The zero-order valence-electron chi connectivity index (χ0n) is 17.2. The maximum Gasteiger partial charge on any atom is 0.328 e. The standard InChI is InChI=1S/C24H21N3O4/c1-30-21-12-11-15(14-25-21)13-20(24(29)31-2)27-23(28)22-16-7-3-5-9-18(16)26-19-10-6-4-8-17(19)22/h3-12,14,20H,13H2,1-2H3,(H,27,28)/t20-/m1/s1. The second-order valence-electron chi connectivity index (χ2n) is 6.98. The smallest absolute Gasteiger partial charge is 0.328 e. The molecular formula is C24H21N3O4. The van der Waals surface area contributed by atoms with Gasteiger partial charge in [0.05, 0.1) is 30.8 Å². The van der Waals surface area contributed by atoms with Gasteiger partial charge in [0.25, 0.3) is 5.91 Å². The van der Waals surface area contributed by atoms with Gasteiger partial charge in [-0.1, -0.05) is 42.5 Å². The fraction of sp³-hybridized carbons (Fsp3) is 0.167. The van der Waals surface area contributed by atoms with Crippen molar-refractivity contribution in [1.29, 1.82) is 0 Å². The van der Waals surface area contributed by atoms with E-state index in [4.69, 9.17) is 9.47 Å². The highest BCUT2D eigenvalue weighted by Crippen LogP contribution is 2.26. The third-order valence-corrected chi connectivity index (χ3v) is 5.05. The zero-order chi connectivity index (χ0) is 21.8. The third kappa shape index (κ3) is 4.16. The Kier molecular flexibility index (Phi) is 5.75. The molecule has 31 heavy (non-hydrogen) atoms. The molecule has 2 aromatic carbocycles. The minimum Gasteiger partial charge on any atom is -0.481 e. The lowest BCUT2D eigenvalue weighted by molar-refractivity contribution is -0.142. The molecule has 0 fully saturated rings. The van der Waals surface area contributed by atoms with Crippen LogP contribution in [0.1, 0.15) is 15.9 Å². The number of para-hydroxylation sites is 2. The van der Waals surface area contributed by atoms with Crippen molar-refractivity contribution in [3.05, 3.63) is 78.0 Å². The Bertz CT molecular complexity index is 1200. The highest BCUT2D eigenvalue weighted by Gasteiger charge is 2.25. The third-order valence-electron chi connectivity index (χ3n) is 5.05. The highest BCUT2D eigenvalue weighted by molar-refractivity contribution is 6.16. The summed E-state index contributed by atoms with van der Waals surface area (Å²) in [4.78, 5) is 34.7. The molecule has 1 amide bonds. The molecular weight excluding hydrogens is 394 g/mol. The predicted octanol–water partition coefficient (Wildman–Crippen LogP) is 3.31. The molecule has 0 aliphatic carbocycles. The predicted molar refractivity (Wildman–Crippen MR) is 117 cm³/mol. The fourth-order valence-electron chi connectivity index (χ4n) is 3.54. The molecule has 7 nitrogen and oxygen atoms in total. The van der Waals surface area contributed by atoms with Crippen molar-refractivity contribution in [2.24, 2.45) is 0 Å². The maximum atomic E-state index is 13.4. The second-order valence-corrected chi connectivity index (χ2v) is 6.98. The molecule has 0 saturated carbocycles. The number of carbonyl (C=O) groups is 2. The van der Waals surface area contributed by atoms with Crippen LogP contribution in [0.4, 0.5) is 0 Å². The molecule has 2 aromatic heterocycles. The van der Waals surface area contributed by atoms with E-state index in [2.05, 4.69) is 15.3 Å². The maximum absolute atomic E-state index is 13.4. The van der Waals surface area contributed by atoms with Gasteiger partial charge in [0.15, 0.2) is 0 Å². The Hall–Kier alpha value is -4.00. The van der Waals surface area contributed by atoms with Gasteiger partial charge in [-0.15, -0.1) is 0 Å². The molecule has 4 rings (SSSR count). The summed E-state index contributed by atoms with van der Waals surface area (Å²) in [6.07, 6.45) is 1.84. The number of carbonyl (C=O) groups excluding carboxylic acids is 2. The molecule has 7 heteroatoms. The summed E-state index contributed by atoms with van der Waals surface area (Å²) in [5.74, 6) is -0.435. The van der Waals surface area contributed by atoms with Gasteiger partial charge in [-0.05, 0) is 17.7 Å². The first-order valence-corrected chi connectivity index (χ1v) is 9.76. The molecule has 0 aliphatic heterocycles. The van der Waals surface area contributed by atoms with Crippen LogP contribution in [0.3, 0.4) is 0 Å². The van der Waals surface area contributed by atoms with Gasteiger partial charge < -0.3 is 14.8 Å². The van der Waals surface area contributed by atoms with Crippen molar-refractivity contribution in [1.82, 2.24) is 15.3 Å². The molecule has 0 saturated heterocycles. The molecule has 0 radical (unpaired) electrons. The SMILES string of the molecule is COC(=O)[C@@H](Cc1ccc(OC)nc1)NC(=O)c1c2ccccc2nc2ccccc12. The van der Waals surface area contributed by atoms with Crippen LogP contribution in [0.2, 0.25) is 0 Å². The van der Waals surface area contributed by atoms with Crippen molar-refractivity contribution >= 4 is 33.7 Å². The number of esters is 1. The monoisotopic (exact) mass is 415 g/mol. The molecule has 0 spiro atoms. The van der Waals surface area contributed by atoms with Crippen LogP contribution in [-0.2, 0) is 16.0 Å². The first kappa shape index (κ1) is 20.3. The van der Waals surface area contributed by atoms with E-state index < -0.39 is 12.0 Å². The normalized spacial score (nSPS) is 11.8. The van der Waals surface area contributed by atoms with Crippen LogP contribution in [0, 0.1) is 0 Å². The number of aromatic nitrogens is 2. The van der Waals surface area contributed by atoms with Gasteiger partial charge >= 0.3 is 5.97 Å². The minimum absolute atomic E-state index is 0.232. The van der Waals surface area contributed by atoms with Crippen LogP contribution < -0.4 is 10.1 Å². The van der Waals surface area contributed by atoms with Crippen molar-refractivity contribution in [3.8, 4) is 5.88 Å². The summed E-state index contributed by atoms with van der Waals surface area (Å²) < 4.78 is 10.00. The topological polar surface area (TPSA) is 90.4 Å². The van der Waals surface area contributed by atoms with E-state index in [1.165, 1.54) is 14.2 Å². The van der Waals surface area contributed by atoms with E-state index in [9.17, 15) is 9.59 Å². The van der Waals surface area contributed by atoms with Crippen LogP contribution >= 0.6 is 0 Å². The van der Waals surface area contributed by atoms with E-state index in [-0.39, 0.29) is 12.3 Å². The average Bonchev–Trinajstić information content (AvgIpc) is 2.81. The molecule has 0 bridgehead atoms. The molecule has 1 N–H and O–H groups in total. The summed E-state index contributed by atoms with van der Waals surface area (Å²) in [6.45, 7) is 0. The Morgan fingerprint density at radius 2 is 1.58 bits per heavy atom. The van der Waals surface area contributed by atoms with Crippen LogP contribution in [0.5, 0.6) is 5.88 Å². The number of pyridine rings is 2. The molecule has 1 atom stereocenters. The van der Waals surface area contributed by atoms with Crippen molar-refractivity contribution in [2.45, 2.75) is 12.5 Å². The average molecular weight is 415 g/mol. The summed E-state index contributed by atoms with van der Waals surface area (Å²) in [6, 6.07) is 17.5. The lowest BCUT2D eigenvalue weighted by Crippen LogP contribution is -2.43. The number of benzene rings is 2. The second kappa shape index (κ2) is 8.79. The van der Waals surface area contributed by atoms with Gasteiger partial charge in [-0.3, -0.25) is 4.79 Å². The van der Waals surface area contributed by atoms with Crippen LogP contribution in [0.15, 0.2) is 66.9 Å². The Balaban J connectivity index is 1.71. The van der Waals surface area contributed by atoms with Gasteiger partial charge in [0, 0.05) is 29.5 Å². The number of nitrogens with one attached hydrogen (secondary N) is 1. The first-order valence-electron chi connectivity index (χ1n) is 9.76. The number of ether oxygens (including phenoxy) is 2.